The average Bonchev–Trinajstić information content (AvgIpc) is 2.40. The maximum Gasteiger partial charge on any atom is 0.338 e. The van der Waals surface area contributed by atoms with Crippen molar-refractivity contribution in [3.8, 4) is 0 Å². The highest BCUT2D eigenvalue weighted by Crippen LogP contribution is 2.19. The highest BCUT2D eigenvalue weighted by Gasteiger charge is 2.13. The van der Waals surface area contributed by atoms with Crippen molar-refractivity contribution < 1.29 is 14.6 Å². The molecule has 0 unspecified atom stereocenters. The molecule has 0 atom stereocenters. The highest BCUT2D eigenvalue weighted by atomic mass is 79.9. The van der Waals surface area contributed by atoms with Crippen LogP contribution in [0.2, 0.25) is 0 Å². The molecule has 104 valence electrons. The van der Waals surface area contributed by atoms with Crippen molar-refractivity contribution in [1.29, 1.82) is 0 Å². The van der Waals surface area contributed by atoms with Crippen molar-refractivity contribution in [2.24, 2.45) is 0 Å². The van der Waals surface area contributed by atoms with E-state index in [1.54, 1.807) is 18.2 Å². The fourth-order valence-corrected chi connectivity index (χ4v) is 2.12. The third kappa shape index (κ3) is 3.59. The Labute approximate surface area is 125 Å². The van der Waals surface area contributed by atoms with Crippen molar-refractivity contribution in [1.82, 2.24) is 0 Å². The van der Waals surface area contributed by atoms with E-state index in [1.165, 1.54) is 0 Å². The summed E-state index contributed by atoms with van der Waals surface area (Å²) in [5.41, 5.74) is 7.65. The third-order valence-corrected chi connectivity index (χ3v) is 3.37. The first-order chi connectivity index (χ1) is 9.58. The SMILES string of the molecule is Nc1cccc(COCc2ccc(Br)cc2)c1C(=O)O. The van der Waals surface area contributed by atoms with Crippen molar-refractivity contribution in [2.45, 2.75) is 13.2 Å². The fraction of sp³-hybridized carbons (Fsp3) is 0.133. The van der Waals surface area contributed by atoms with E-state index in [2.05, 4.69) is 15.9 Å². The van der Waals surface area contributed by atoms with Gasteiger partial charge in [0.25, 0.3) is 0 Å². The van der Waals surface area contributed by atoms with Gasteiger partial charge in [-0.2, -0.15) is 0 Å². The van der Waals surface area contributed by atoms with E-state index in [-0.39, 0.29) is 17.9 Å². The molecular weight excluding hydrogens is 322 g/mol. The van der Waals surface area contributed by atoms with Crippen molar-refractivity contribution in [2.75, 3.05) is 5.73 Å². The van der Waals surface area contributed by atoms with Gasteiger partial charge in [0.1, 0.15) is 0 Å². The maximum absolute atomic E-state index is 11.2. The number of carbonyl (C=O) groups is 1. The largest absolute Gasteiger partial charge is 0.478 e. The van der Waals surface area contributed by atoms with Gasteiger partial charge < -0.3 is 15.6 Å². The van der Waals surface area contributed by atoms with E-state index in [0.29, 0.717) is 12.2 Å². The third-order valence-electron chi connectivity index (χ3n) is 2.84. The van der Waals surface area contributed by atoms with Gasteiger partial charge in [-0.25, -0.2) is 4.79 Å². The van der Waals surface area contributed by atoms with Crippen molar-refractivity contribution in [3.05, 3.63) is 63.6 Å². The predicted octanol–water partition coefficient (Wildman–Crippen LogP) is 3.45. The van der Waals surface area contributed by atoms with Crippen LogP contribution in [0.5, 0.6) is 0 Å². The van der Waals surface area contributed by atoms with Crippen LogP contribution in [0, 0.1) is 0 Å². The molecule has 0 aromatic heterocycles. The summed E-state index contributed by atoms with van der Waals surface area (Å²) < 4.78 is 6.56. The molecule has 2 aromatic carbocycles. The highest BCUT2D eigenvalue weighted by molar-refractivity contribution is 9.10. The zero-order valence-electron chi connectivity index (χ0n) is 10.7. The molecular formula is C15H14BrNO3. The van der Waals surface area contributed by atoms with Gasteiger partial charge in [0, 0.05) is 10.2 Å². The second-order valence-corrected chi connectivity index (χ2v) is 5.22. The predicted molar refractivity (Wildman–Crippen MR) is 80.4 cm³/mol. The van der Waals surface area contributed by atoms with Crippen molar-refractivity contribution >= 4 is 27.6 Å². The molecule has 0 aliphatic rings. The number of aromatic carboxylic acids is 1. The lowest BCUT2D eigenvalue weighted by Crippen LogP contribution is -2.08. The molecule has 0 aliphatic carbocycles. The van der Waals surface area contributed by atoms with Gasteiger partial charge in [-0.3, -0.25) is 0 Å². The number of hydrogen-bond donors (Lipinski definition) is 2. The first kappa shape index (κ1) is 14.6. The molecule has 0 fully saturated rings. The molecule has 0 aliphatic heterocycles. The normalized spacial score (nSPS) is 10.4. The van der Waals surface area contributed by atoms with Gasteiger partial charge in [0.15, 0.2) is 0 Å². The lowest BCUT2D eigenvalue weighted by atomic mass is 10.1. The molecule has 0 spiro atoms. The first-order valence-electron chi connectivity index (χ1n) is 6.01. The fourth-order valence-electron chi connectivity index (χ4n) is 1.86. The summed E-state index contributed by atoms with van der Waals surface area (Å²) in [6.07, 6.45) is 0. The van der Waals surface area contributed by atoms with E-state index in [0.717, 1.165) is 10.0 Å². The molecule has 0 bridgehead atoms. The van der Waals surface area contributed by atoms with Crippen LogP contribution >= 0.6 is 15.9 Å². The number of anilines is 1. The number of nitrogens with two attached hydrogens (primary N) is 1. The van der Waals surface area contributed by atoms with Crippen LogP contribution in [0.25, 0.3) is 0 Å². The van der Waals surface area contributed by atoms with E-state index in [1.807, 2.05) is 24.3 Å². The number of carboxylic acids is 1. The number of ether oxygens (including phenoxy) is 1. The summed E-state index contributed by atoms with van der Waals surface area (Å²) in [5, 5.41) is 9.15. The molecule has 2 aromatic rings. The van der Waals surface area contributed by atoms with Gasteiger partial charge >= 0.3 is 5.97 Å². The smallest absolute Gasteiger partial charge is 0.338 e. The Hall–Kier alpha value is -1.85. The minimum atomic E-state index is -1.04. The number of halogens is 1. The van der Waals surface area contributed by atoms with Crippen LogP contribution in [0.15, 0.2) is 46.9 Å². The second-order valence-electron chi connectivity index (χ2n) is 4.31. The van der Waals surface area contributed by atoms with E-state index in [9.17, 15) is 4.79 Å². The summed E-state index contributed by atoms with van der Waals surface area (Å²) in [5.74, 6) is -1.04. The Kier molecular flexibility index (Phi) is 4.76. The number of rotatable bonds is 5. The molecule has 0 radical (unpaired) electrons. The zero-order valence-corrected chi connectivity index (χ0v) is 12.3. The summed E-state index contributed by atoms with van der Waals surface area (Å²) in [4.78, 5) is 11.2. The van der Waals surface area contributed by atoms with Gasteiger partial charge in [-0.15, -0.1) is 0 Å². The Balaban J connectivity index is 2.02. The quantitative estimate of drug-likeness (QED) is 0.821. The lowest BCUT2D eigenvalue weighted by molar-refractivity contribution is 0.0685. The number of nitrogen functional groups attached to an aromatic ring is 1. The monoisotopic (exact) mass is 335 g/mol. The topological polar surface area (TPSA) is 72.5 Å². The minimum Gasteiger partial charge on any atom is -0.478 e. The standard InChI is InChI=1S/C15H14BrNO3/c16-12-6-4-10(5-7-12)8-20-9-11-2-1-3-13(17)14(11)15(18)19/h1-7H,8-9,17H2,(H,18,19). The summed E-state index contributed by atoms with van der Waals surface area (Å²) in [6.45, 7) is 0.629. The molecule has 0 heterocycles. The Morgan fingerprint density at radius 2 is 1.85 bits per heavy atom. The molecule has 2 rings (SSSR count). The van der Waals surface area contributed by atoms with Gasteiger partial charge in [0.2, 0.25) is 0 Å². The van der Waals surface area contributed by atoms with Gasteiger partial charge in [0.05, 0.1) is 18.8 Å². The zero-order chi connectivity index (χ0) is 14.5. The molecule has 0 amide bonds. The van der Waals surface area contributed by atoms with Crippen LogP contribution in [0.1, 0.15) is 21.5 Å². The first-order valence-corrected chi connectivity index (χ1v) is 6.80. The summed E-state index contributed by atoms with van der Waals surface area (Å²) in [7, 11) is 0. The van der Waals surface area contributed by atoms with E-state index in [4.69, 9.17) is 15.6 Å². The lowest BCUT2D eigenvalue weighted by Gasteiger charge is -2.09. The van der Waals surface area contributed by atoms with Crippen LogP contribution < -0.4 is 5.73 Å². The molecule has 5 heteroatoms. The van der Waals surface area contributed by atoms with Crippen LogP contribution in [-0.4, -0.2) is 11.1 Å². The Bertz CT molecular complexity index is 611. The molecule has 3 N–H and O–H groups in total. The second kappa shape index (κ2) is 6.54. The Morgan fingerprint density at radius 1 is 1.15 bits per heavy atom. The van der Waals surface area contributed by atoms with E-state index < -0.39 is 5.97 Å². The van der Waals surface area contributed by atoms with Gasteiger partial charge in [-0.1, -0.05) is 40.2 Å². The van der Waals surface area contributed by atoms with Crippen LogP contribution in [-0.2, 0) is 18.0 Å². The summed E-state index contributed by atoms with van der Waals surface area (Å²) >= 11 is 3.36. The number of hydrogen-bond acceptors (Lipinski definition) is 3. The van der Waals surface area contributed by atoms with E-state index >= 15 is 0 Å². The van der Waals surface area contributed by atoms with Gasteiger partial charge in [-0.05, 0) is 29.3 Å². The molecule has 0 saturated carbocycles. The van der Waals surface area contributed by atoms with Crippen LogP contribution in [0.3, 0.4) is 0 Å². The van der Waals surface area contributed by atoms with Crippen molar-refractivity contribution in [3.63, 3.8) is 0 Å². The molecule has 4 nitrogen and oxygen atoms in total. The summed E-state index contributed by atoms with van der Waals surface area (Å²) in [6, 6.07) is 12.8. The molecule has 20 heavy (non-hydrogen) atoms. The van der Waals surface area contributed by atoms with Crippen LogP contribution in [0.4, 0.5) is 5.69 Å². The number of carboxylic acid groups (broad SMARTS) is 1. The minimum absolute atomic E-state index is 0.114. The number of benzene rings is 2. The average molecular weight is 336 g/mol. The Morgan fingerprint density at radius 3 is 2.50 bits per heavy atom. The maximum atomic E-state index is 11.2. The molecule has 0 saturated heterocycles.